The van der Waals surface area contributed by atoms with Gasteiger partial charge in [0.15, 0.2) is 5.78 Å². The zero-order valence-corrected chi connectivity index (χ0v) is 12.1. The Labute approximate surface area is 126 Å². The normalized spacial score (nSPS) is 11.0. The molecular formula is C14H9BrFN3O2. The van der Waals surface area contributed by atoms with Crippen LogP contribution in [0.1, 0.15) is 15.9 Å². The third-order valence-electron chi connectivity index (χ3n) is 3.03. The molecule has 0 aliphatic heterocycles. The van der Waals surface area contributed by atoms with E-state index in [1.54, 1.807) is 6.07 Å². The van der Waals surface area contributed by atoms with Gasteiger partial charge in [-0.3, -0.25) is 4.79 Å². The first-order valence-corrected chi connectivity index (χ1v) is 6.75. The Bertz CT molecular complexity index is 909. The van der Waals surface area contributed by atoms with Gasteiger partial charge in [0.1, 0.15) is 5.82 Å². The van der Waals surface area contributed by atoms with E-state index in [-0.39, 0.29) is 16.9 Å². The number of fused-ring (bicyclic) bond motifs is 1. The number of nitrogens with one attached hydrogen (secondary N) is 2. The molecule has 0 saturated heterocycles. The van der Waals surface area contributed by atoms with E-state index in [0.717, 1.165) is 12.1 Å². The van der Waals surface area contributed by atoms with Crippen LogP contribution in [0.15, 0.2) is 39.6 Å². The van der Waals surface area contributed by atoms with Crippen molar-refractivity contribution in [2.75, 3.05) is 5.73 Å². The van der Waals surface area contributed by atoms with Crippen LogP contribution in [0.25, 0.3) is 11.0 Å². The summed E-state index contributed by atoms with van der Waals surface area (Å²) in [5.41, 5.74) is 6.88. The lowest BCUT2D eigenvalue weighted by Gasteiger charge is -2.06. The maximum atomic E-state index is 13.4. The lowest BCUT2D eigenvalue weighted by atomic mass is 10.0. The molecule has 7 heteroatoms. The molecule has 0 spiro atoms. The first-order chi connectivity index (χ1) is 9.94. The van der Waals surface area contributed by atoms with Gasteiger partial charge in [-0.05, 0) is 46.3 Å². The average Bonchev–Trinajstić information content (AvgIpc) is 2.75. The van der Waals surface area contributed by atoms with Crippen molar-refractivity contribution in [3.05, 3.63) is 62.2 Å². The Balaban J connectivity index is 2.16. The second kappa shape index (κ2) is 4.85. The molecule has 106 valence electrons. The fraction of sp³-hybridized carbons (Fsp3) is 0. The van der Waals surface area contributed by atoms with Crippen LogP contribution in [-0.2, 0) is 0 Å². The number of hydrogen-bond acceptors (Lipinski definition) is 3. The highest BCUT2D eigenvalue weighted by atomic mass is 79.9. The summed E-state index contributed by atoms with van der Waals surface area (Å²) < 4.78 is 13.9. The summed E-state index contributed by atoms with van der Waals surface area (Å²) in [5, 5.41) is 0. The maximum Gasteiger partial charge on any atom is 0.323 e. The number of benzene rings is 2. The number of halogens is 2. The van der Waals surface area contributed by atoms with Crippen LogP contribution in [0.2, 0.25) is 0 Å². The lowest BCUT2D eigenvalue weighted by Crippen LogP contribution is -2.04. The zero-order valence-electron chi connectivity index (χ0n) is 10.5. The number of hydrogen-bond donors (Lipinski definition) is 3. The molecule has 0 bridgehead atoms. The fourth-order valence-electron chi connectivity index (χ4n) is 2.13. The monoisotopic (exact) mass is 349 g/mol. The van der Waals surface area contributed by atoms with Gasteiger partial charge in [0, 0.05) is 21.3 Å². The highest BCUT2D eigenvalue weighted by Crippen LogP contribution is 2.25. The van der Waals surface area contributed by atoms with Gasteiger partial charge in [-0.1, -0.05) is 0 Å². The van der Waals surface area contributed by atoms with Gasteiger partial charge >= 0.3 is 5.69 Å². The summed E-state index contributed by atoms with van der Waals surface area (Å²) in [6, 6.07) is 6.81. The van der Waals surface area contributed by atoms with E-state index < -0.39 is 11.6 Å². The van der Waals surface area contributed by atoms with Gasteiger partial charge in [0.05, 0.1) is 11.0 Å². The number of carbonyl (C=O) groups excluding carboxylic acids is 1. The first-order valence-electron chi connectivity index (χ1n) is 5.96. The van der Waals surface area contributed by atoms with E-state index in [0.29, 0.717) is 21.1 Å². The second-order valence-corrected chi connectivity index (χ2v) is 5.41. The van der Waals surface area contributed by atoms with Crippen molar-refractivity contribution < 1.29 is 9.18 Å². The fourth-order valence-corrected chi connectivity index (χ4v) is 2.65. The lowest BCUT2D eigenvalue weighted by molar-refractivity contribution is 0.103. The molecule has 4 N–H and O–H groups in total. The number of anilines is 1. The summed E-state index contributed by atoms with van der Waals surface area (Å²) >= 11 is 3.28. The van der Waals surface area contributed by atoms with Crippen LogP contribution < -0.4 is 11.4 Å². The number of imidazole rings is 1. The largest absolute Gasteiger partial charge is 0.399 e. The quantitative estimate of drug-likeness (QED) is 0.490. The van der Waals surface area contributed by atoms with Crippen molar-refractivity contribution in [1.82, 2.24) is 9.97 Å². The molecule has 1 aromatic heterocycles. The smallest absolute Gasteiger partial charge is 0.323 e. The number of aromatic amines is 2. The van der Waals surface area contributed by atoms with Crippen molar-refractivity contribution >= 4 is 38.4 Å². The van der Waals surface area contributed by atoms with Gasteiger partial charge in [-0.15, -0.1) is 0 Å². The molecule has 0 radical (unpaired) electrons. The molecule has 0 aliphatic rings. The second-order valence-electron chi connectivity index (χ2n) is 4.56. The van der Waals surface area contributed by atoms with Gasteiger partial charge in [-0.25, -0.2) is 9.18 Å². The third kappa shape index (κ3) is 2.47. The minimum atomic E-state index is -0.578. The van der Waals surface area contributed by atoms with Crippen LogP contribution in [0, 0.1) is 5.82 Å². The Morgan fingerprint density at radius 1 is 1.10 bits per heavy atom. The molecule has 0 fully saturated rings. The van der Waals surface area contributed by atoms with Gasteiger partial charge < -0.3 is 15.7 Å². The van der Waals surface area contributed by atoms with E-state index in [1.165, 1.54) is 12.1 Å². The Morgan fingerprint density at radius 3 is 2.43 bits per heavy atom. The third-order valence-corrected chi connectivity index (χ3v) is 3.69. The molecule has 1 heterocycles. The van der Waals surface area contributed by atoms with Crippen molar-refractivity contribution in [3.63, 3.8) is 0 Å². The van der Waals surface area contributed by atoms with Crippen LogP contribution in [-0.4, -0.2) is 15.8 Å². The first kappa shape index (κ1) is 13.6. The van der Waals surface area contributed by atoms with Gasteiger partial charge in [0.2, 0.25) is 0 Å². The SMILES string of the molecule is Nc1cc(F)cc(C(=O)c2cc3[nH]c(=O)[nH]c3cc2Br)c1. The summed E-state index contributed by atoms with van der Waals surface area (Å²) in [5.74, 6) is -0.970. The Hall–Kier alpha value is -2.41. The summed E-state index contributed by atoms with van der Waals surface area (Å²) in [7, 11) is 0. The van der Waals surface area contributed by atoms with E-state index in [1.807, 2.05) is 0 Å². The molecule has 0 amide bonds. The number of nitrogen functional groups attached to an aromatic ring is 1. The standard InChI is InChI=1S/C14H9BrFN3O2/c15-10-5-12-11(18-14(21)19-12)4-9(10)13(20)6-1-7(16)3-8(17)2-6/h1-5H,17H2,(H2,18,19,21). The molecule has 0 atom stereocenters. The molecular weight excluding hydrogens is 341 g/mol. The highest BCUT2D eigenvalue weighted by molar-refractivity contribution is 9.10. The summed E-state index contributed by atoms with van der Waals surface area (Å²) in [6.07, 6.45) is 0. The Morgan fingerprint density at radius 2 is 1.76 bits per heavy atom. The van der Waals surface area contributed by atoms with E-state index in [2.05, 4.69) is 25.9 Å². The maximum absolute atomic E-state index is 13.4. The predicted molar refractivity (Wildman–Crippen MR) is 80.9 cm³/mol. The van der Waals surface area contributed by atoms with Crippen molar-refractivity contribution in [3.8, 4) is 0 Å². The molecule has 0 aliphatic carbocycles. The van der Waals surface area contributed by atoms with Crippen molar-refractivity contribution in [2.24, 2.45) is 0 Å². The molecule has 21 heavy (non-hydrogen) atoms. The molecule has 2 aromatic carbocycles. The molecule has 3 aromatic rings. The number of ketones is 1. The molecule has 5 nitrogen and oxygen atoms in total. The van der Waals surface area contributed by atoms with E-state index in [9.17, 15) is 14.0 Å². The average molecular weight is 350 g/mol. The van der Waals surface area contributed by atoms with E-state index in [4.69, 9.17) is 5.73 Å². The van der Waals surface area contributed by atoms with Crippen LogP contribution in [0.5, 0.6) is 0 Å². The molecule has 0 saturated carbocycles. The van der Waals surface area contributed by atoms with Crippen LogP contribution in [0.4, 0.5) is 10.1 Å². The Kier molecular flexibility index (Phi) is 3.13. The topological polar surface area (TPSA) is 91.7 Å². The number of H-pyrrole nitrogens is 2. The predicted octanol–water partition coefficient (Wildman–Crippen LogP) is 2.57. The van der Waals surface area contributed by atoms with Gasteiger partial charge in [-0.2, -0.15) is 0 Å². The number of carbonyl (C=O) groups is 1. The number of nitrogens with two attached hydrogens (primary N) is 1. The van der Waals surface area contributed by atoms with E-state index >= 15 is 0 Å². The minimum absolute atomic E-state index is 0.144. The summed E-state index contributed by atoms with van der Waals surface area (Å²) in [6.45, 7) is 0. The van der Waals surface area contributed by atoms with Crippen molar-refractivity contribution in [1.29, 1.82) is 0 Å². The minimum Gasteiger partial charge on any atom is -0.399 e. The zero-order chi connectivity index (χ0) is 15.1. The highest BCUT2D eigenvalue weighted by Gasteiger charge is 2.16. The number of rotatable bonds is 2. The number of aromatic nitrogens is 2. The van der Waals surface area contributed by atoms with Crippen LogP contribution >= 0.6 is 15.9 Å². The van der Waals surface area contributed by atoms with Crippen molar-refractivity contribution in [2.45, 2.75) is 0 Å². The summed E-state index contributed by atoms with van der Waals surface area (Å²) in [4.78, 5) is 28.9. The molecule has 0 unspecified atom stereocenters. The molecule has 3 rings (SSSR count). The van der Waals surface area contributed by atoms with Gasteiger partial charge in [0.25, 0.3) is 0 Å². The van der Waals surface area contributed by atoms with Crippen LogP contribution in [0.3, 0.4) is 0 Å².